The van der Waals surface area contributed by atoms with E-state index in [4.69, 9.17) is 16.0 Å². The Labute approximate surface area is 185 Å². The Hall–Kier alpha value is -3.91. The van der Waals surface area contributed by atoms with E-state index in [1.165, 1.54) is 18.2 Å². The molecule has 1 unspecified atom stereocenters. The minimum absolute atomic E-state index is 0.0143. The van der Waals surface area contributed by atoms with Crippen LogP contribution in [0.3, 0.4) is 0 Å². The zero-order chi connectivity index (χ0) is 22.6. The molecule has 4 aromatic rings. The van der Waals surface area contributed by atoms with E-state index in [9.17, 15) is 14.7 Å². The minimum atomic E-state index is -1.37. The van der Waals surface area contributed by atoms with Gasteiger partial charge < -0.3 is 14.5 Å². The number of fused-ring (bicyclic) bond motifs is 1. The zero-order valence-corrected chi connectivity index (χ0v) is 17.4. The second-order valence-electron chi connectivity index (χ2n) is 7.29. The molecule has 32 heavy (non-hydrogen) atoms. The van der Waals surface area contributed by atoms with Crippen molar-refractivity contribution < 1.29 is 23.5 Å². The summed E-state index contributed by atoms with van der Waals surface area (Å²) in [4.78, 5) is 34.8. The quantitative estimate of drug-likeness (QED) is 0.423. The number of aliphatic hydroxyl groups is 1. The number of rotatable bonds is 4. The summed E-state index contributed by atoms with van der Waals surface area (Å²) < 4.78 is 20.4. The number of furan rings is 1. The average Bonchev–Trinajstić information content (AvgIpc) is 3.44. The first-order valence-electron chi connectivity index (χ1n) is 9.63. The number of nitrogens with zero attached hydrogens (tertiary/aromatic N) is 2. The number of para-hydroxylation sites is 2. The first-order valence-corrected chi connectivity index (χ1v) is 10.0. The number of aliphatic hydroxyl groups excluding tert-OH is 1. The highest BCUT2D eigenvalue weighted by Crippen LogP contribution is 2.44. The van der Waals surface area contributed by atoms with Crippen molar-refractivity contribution in [2.45, 2.75) is 13.0 Å². The number of H-pyrrole nitrogens is 1. The van der Waals surface area contributed by atoms with Gasteiger partial charge in [-0.1, -0.05) is 29.8 Å². The minimum Gasteiger partial charge on any atom is -0.503 e. The van der Waals surface area contributed by atoms with Crippen LogP contribution in [0.4, 0.5) is 10.3 Å². The normalized spacial score (nSPS) is 16.4. The highest BCUT2D eigenvalue weighted by molar-refractivity contribution is 6.32. The number of carbonyl (C=O) groups is 2. The summed E-state index contributed by atoms with van der Waals surface area (Å²) >= 11 is 6.31. The van der Waals surface area contributed by atoms with Gasteiger partial charge in [-0.3, -0.25) is 14.5 Å². The van der Waals surface area contributed by atoms with Gasteiger partial charge in [0.15, 0.2) is 11.5 Å². The molecule has 2 N–H and O–H groups in total. The number of benzene rings is 2. The molecule has 7 nitrogen and oxygen atoms in total. The number of imidazole rings is 1. The number of amides is 1. The molecule has 0 fully saturated rings. The highest BCUT2D eigenvalue weighted by atomic mass is 35.5. The number of hydrogen-bond acceptors (Lipinski definition) is 5. The molecule has 1 aliphatic heterocycles. The lowest BCUT2D eigenvalue weighted by Gasteiger charge is -2.25. The fraction of sp³-hybridized carbons (Fsp3) is 0.0870. The number of aromatic nitrogens is 2. The fourth-order valence-electron chi connectivity index (χ4n) is 3.84. The van der Waals surface area contributed by atoms with E-state index in [1.807, 2.05) is 0 Å². The molecule has 0 saturated carbocycles. The molecule has 0 aliphatic carbocycles. The smallest absolute Gasteiger partial charge is 0.296 e. The number of ketones is 1. The van der Waals surface area contributed by atoms with Gasteiger partial charge in [0.25, 0.3) is 5.91 Å². The van der Waals surface area contributed by atoms with Crippen LogP contribution in [-0.4, -0.2) is 26.8 Å². The number of Topliss-reactive ketones (excluding diaryl/α,β-unsaturated/α-hetero) is 1. The Bertz CT molecular complexity index is 1380. The summed E-state index contributed by atoms with van der Waals surface area (Å²) in [6, 6.07) is 12.7. The topological polar surface area (TPSA) is 99.4 Å². The van der Waals surface area contributed by atoms with Crippen LogP contribution in [0.5, 0.6) is 0 Å². The van der Waals surface area contributed by atoms with Gasteiger partial charge in [-0.15, -0.1) is 0 Å². The molecule has 2 aromatic carbocycles. The highest BCUT2D eigenvalue weighted by Gasteiger charge is 2.48. The fourth-order valence-corrected chi connectivity index (χ4v) is 4.11. The summed E-state index contributed by atoms with van der Waals surface area (Å²) in [5, 5.41) is 10.7. The molecule has 3 heterocycles. The van der Waals surface area contributed by atoms with E-state index in [1.54, 1.807) is 37.3 Å². The summed E-state index contributed by atoms with van der Waals surface area (Å²) in [6.07, 6.45) is 0. The average molecular weight is 452 g/mol. The third kappa shape index (κ3) is 2.99. The van der Waals surface area contributed by atoms with Crippen molar-refractivity contribution in [3.05, 3.63) is 93.9 Å². The summed E-state index contributed by atoms with van der Waals surface area (Å²) in [5.41, 5.74) is 0.680. The lowest BCUT2D eigenvalue weighted by Crippen LogP contribution is -2.32. The maximum atomic E-state index is 15.0. The second kappa shape index (κ2) is 7.35. The van der Waals surface area contributed by atoms with Crippen molar-refractivity contribution >= 4 is 40.3 Å². The van der Waals surface area contributed by atoms with E-state index < -0.39 is 29.3 Å². The van der Waals surface area contributed by atoms with Gasteiger partial charge >= 0.3 is 0 Å². The number of hydrogen-bond donors (Lipinski definition) is 2. The summed E-state index contributed by atoms with van der Waals surface area (Å²) in [5.74, 6) is -2.84. The van der Waals surface area contributed by atoms with Gasteiger partial charge in [-0.2, -0.15) is 0 Å². The van der Waals surface area contributed by atoms with Crippen LogP contribution in [0.2, 0.25) is 5.02 Å². The van der Waals surface area contributed by atoms with Crippen LogP contribution < -0.4 is 4.90 Å². The molecule has 0 spiro atoms. The van der Waals surface area contributed by atoms with E-state index in [0.29, 0.717) is 16.8 Å². The lowest BCUT2D eigenvalue weighted by atomic mass is 9.94. The van der Waals surface area contributed by atoms with E-state index in [2.05, 4.69) is 9.97 Å². The molecule has 1 aliphatic rings. The molecular weight excluding hydrogens is 437 g/mol. The predicted molar refractivity (Wildman–Crippen MR) is 115 cm³/mol. The van der Waals surface area contributed by atoms with Crippen LogP contribution in [0, 0.1) is 12.7 Å². The number of aromatic amines is 1. The molecular formula is C23H15ClFN3O4. The van der Waals surface area contributed by atoms with Crippen molar-refractivity contribution in [3.63, 3.8) is 0 Å². The second-order valence-corrected chi connectivity index (χ2v) is 7.70. The first-order chi connectivity index (χ1) is 15.4. The van der Waals surface area contributed by atoms with E-state index in [-0.39, 0.29) is 27.9 Å². The molecule has 2 aromatic heterocycles. The van der Waals surface area contributed by atoms with Gasteiger partial charge in [0.2, 0.25) is 11.7 Å². The number of carbonyl (C=O) groups excluding carboxylic acids is 2. The SMILES string of the molecule is Cc1ccc(C(=O)C2=C(O)C(=O)N(c3nc4ccccc4[nH]3)C2c2c(F)cccc2Cl)o1. The predicted octanol–water partition coefficient (Wildman–Crippen LogP) is 5.04. The van der Waals surface area contributed by atoms with Gasteiger partial charge in [-0.05, 0) is 43.3 Å². The van der Waals surface area contributed by atoms with Crippen molar-refractivity contribution in [2.75, 3.05) is 4.90 Å². The van der Waals surface area contributed by atoms with Gasteiger partial charge in [-0.25, -0.2) is 9.37 Å². The Morgan fingerprint density at radius 3 is 2.66 bits per heavy atom. The van der Waals surface area contributed by atoms with Crippen LogP contribution in [0.15, 0.2) is 70.3 Å². The standard InChI is InChI=1S/C23H15ClFN3O4/c1-11-9-10-16(32-11)20(29)18-19(17-12(24)5-4-6-13(17)25)28(22(31)21(18)30)23-26-14-7-2-3-8-15(14)27-23/h2-10,19,30H,1H3,(H,26,27). The number of halogens is 2. The molecule has 160 valence electrons. The molecule has 0 bridgehead atoms. The number of nitrogens with one attached hydrogen (secondary N) is 1. The summed E-state index contributed by atoms with van der Waals surface area (Å²) in [6.45, 7) is 1.65. The Kier molecular flexibility index (Phi) is 4.60. The first kappa shape index (κ1) is 20.0. The van der Waals surface area contributed by atoms with Crippen molar-refractivity contribution in [1.29, 1.82) is 0 Å². The Morgan fingerprint density at radius 1 is 1.19 bits per heavy atom. The molecule has 1 atom stereocenters. The number of aryl methyl sites for hydroxylation is 1. The van der Waals surface area contributed by atoms with Gasteiger partial charge in [0.1, 0.15) is 17.6 Å². The van der Waals surface area contributed by atoms with Crippen LogP contribution in [-0.2, 0) is 4.79 Å². The largest absolute Gasteiger partial charge is 0.503 e. The van der Waals surface area contributed by atoms with Crippen LogP contribution >= 0.6 is 11.6 Å². The van der Waals surface area contributed by atoms with Gasteiger partial charge in [0.05, 0.1) is 16.6 Å². The zero-order valence-electron chi connectivity index (χ0n) is 16.6. The van der Waals surface area contributed by atoms with Crippen molar-refractivity contribution in [2.24, 2.45) is 0 Å². The molecule has 9 heteroatoms. The third-order valence-electron chi connectivity index (χ3n) is 5.30. The van der Waals surface area contributed by atoms with Crippen molar-refractivity contribution in [1.82, 2.24) is 9.97 Å². The van der Waals surface area contributed by atoms with E-state index in [0.717, 1.165) is 11.0 Å². The monoisotopic (exact) mass is 451 g/mol. The van der Waals surface area contributed by atoms with E-state index >= 15 is 4.39 Å². The van der Waals surface area contributed by atoms with Crippen molar-refractivity contribution in [3.8, 4) is 0 Å². The lowest BCUT2D eigenvalue weighted by molar-refractivity contribution is -0.117. The molecule has 5 rings (SSSR count). The molecule has 0 saturated heterocycles. The van der Waals surface area contributed by atoms with Crippen LogP contribution in [0.25, 0.3) is 11.0 Å². The molecule has 0 radical (unpaired) electrons. The Morgan fingerprint density at radius 2 is 1.97 bits per heavy atom. The van der Waals surface area contributed by atoms with Crippen LogP contribution in [0.1, 0.15) is 27.9 Å². The molecule has 1 amide bonds. The maximum Gasteiger partial charge on any atom is 0.296 e. The Balaban J connectivity index is 1.74. The maximum absolute atomic E-state index is 15.0. The summed E-state index contributed by atoms with van der Waals surface area (Å²) in [7, 11) is 0. The van der Waals surface area contributed by atoms with Gasteiger partial charge in [0, 0.05) is 10.6 Å². The third-order valence-corrected chi connectivity index (χ3v) is 5.62. The number of anilines is 1.